The van der Waals surface area contributed by atoms with Gasteiger partial charge in [-0.1, -0.05) is 81.8 Å². The molecule has 0 spiro atoms. The number of urea groups is 1. The number of amides is 2. The first-order valence-electron chi connectivity index (χ1n) is 13.9. The molecular weight excluding hydrogens is 538 g/mol. The maximum Gasteiger partial charge on any atom is 0.330 e. The molecule has 3 aromatic rings. The lowest BCUT2D eigenvalue weighted by molar-refractivity contribution is 0.0472. The molecule has 1 aliphatic carbocycles. The third kappa shape index (κ3) is 5.37. The molecule has 5 rings (SSSR count). The van der Waals surface area contributed by atoms with E-state index in [1.54, 1.807) is 27.1 Å². The van der Waals surface area contributed by atoms with Gasteiger partial charge in [0, 0.05) is 11.8 Å². The van der Waals surface area contributed by atoms with Crippen LogP contribution in [0.3, 0.4) is 0 Å². The second-order valence-electron chi connectivity index (χ2n) is 12.4. The van der Waals surface area contributed by atoms with Crippen molar-refractivity contribution in [1.82, 2.24) is 9.97 Å². The summed E-state index contributed by atoms with van der Waals surface area (Å²) in [4.78, 5) is 27.2. The van der Waals surface area contributed by atoms with Crippen LogP contribution in [-0.2, 0) is 17.6 Å². The van der Waals surface area contributed by atoms with Crippen LogP contribution in [0.1, 0.15) is 65.0 Å². The van der Waals surface area contributed by atoms with Gasteiger partial charge in [-0.2, -0.15) is 4.98 Å². The fourth-order valence-corrected chi connectivity index (χ4v) is 6.57. The second kappa shape index (κ2) is 11.1. The Kier molecular flexibility index (Phi) is 7.96. The second-order valence-corrected chi connectivity index (χ2v) is 13.0. The number of para-hydroxylation sites is 1. The van der Waals surface area contributed by atoms with Crippen LogP contribution in [0.5, 0.6) is 0 Å². The standard InChI is InChI=1S/C31H37ClN5O2Si/c1-21-17-24(30(2,3)4)15-16-31(21,5)37(39-40)28-33-18-23-20-35(26-14-10-9-13-25(26)32)29(38)36(27(23)34-28)19-22-11-7-6-8-12-22/h6-14,18,21,24H,15-17,19-20H2,1-5H3/t21-,24+,31?/m0/s1. The molecule has 9 heteroatoms. The van der Waals surface area contributed by atoms with Gasteiger partial charge in [-0.3, -0.25) is 9.80 Å². The smallest absolute Gasteiger partial charge is 0.319 e. The molecule has 0 bridgehead atoms. The average Bonchev–Trinajstić information content (AvgIpc) is 2.92. The molecule has 2 amide bonds. The number of fused-ring (bicyclic) bond motifs is 1. The Bertz CT molecular complexity index is 1370. The summed E-state index contributed by atoms with van der Waals surface area (Å²) in [6.07, 6.45) is 4.92. The third-order valence-electron chi connectivity index (χ3n) is 8.86. The number of anilines is 3. The van der Waals surface area contributed by atoms with Crippen LogP contribution in [0.2, 0.25) is 5.02 Å². The number of hydroxylamine groups is 1. The van der Waals surface area contributed by atoms with Crippen LogP contribution < -0.4 is 14.9 Å². The minimum atomic E-state index is -0.329. The molecule has 209 valence electrons. The number of rotatable bonds is 6. The Morgan fingerprint density at radius 1 is 1.15 bits per heavy atom. The van der Waals surface area contributed by atoms with Crippen LogP contribution in [-0.4, -0.2) is 32.0 Å². The lowest BCUT2D eigenvalue weighted by Gasteiger charge is -2.51. The molecule has 0 N–H and O–H groups in total. The zero-order valence-corrected chi connectivity index (χ0v) is 25.7. The zero-order chi connectivity index (χ0) is 28.7. The van der Waals surface area contributed by atoms with Gasteiger partial charge >= 0.3 is 6.03 Å². The molecule has 1 unspecified atom stereocenters. The van der Waals surface area contributed by atoms with E-state index in [-0.39, 0.29) is 17.0 Å². The summed E-state index contributed by atoms with van der Waals surface area (Å²) in [6, 6.07) is 17.1. The third-order valence-corrected chi connectivity index (χ3v) is 9.36. The van der Waals surface area contributed by atoms with Gasteiger partial charge in [0.15, 0.2) is 0 Å². The summed E-state index contributed by atoms with van der Waals surface area (Å²) < 4.78 is 5.83. The summed E-state index contributed by atoms with van der Waals surface area (Å²) in [5, 5.41) is 2.31. The molecule has 2 aliphatic rings. The minimum absolute atomic E-state index is 0.190. The van der Waals surface area contributed by atoms with Crippen molar-refractivity contribution < 1.29 is 9.32 Å². The van der Waals surface area contributed by atoms with E-state index in [1.807, 2.05) is 48.5 Å². The molecule has 1 aromatic heterocycles. The van der Waals surface area contributed by atoms with Crippen molar-refractivity contribution in [3.63, 3.8) is 0 Å². The summed E-state index contributed by atoms with van der Waals surface area (Å²) >= 11 is 6.52. The Morgan fingerprint density at radius 3 is 2.50 bits per heavy atom. The Morgan fingerprint density at radius 2 is 1.85 bits per heavy atom. The van der Waals surface area contributed by atoms with Gasteiger partial charge in [0.1, 0.15) is 5.82 Å². The predicted molar refractivity (Wildman–Crippen MR) is 161 cm³/mol. The molecule has 3 atom stereocenters. The van der Waals surface area contributed by atoms with Crippen molar-refractivity contribution in [2.24, 2.45) is 17.3 Å². The molecule has 2 heterocycles. The van der Waals surface area contributed by atoms with Crippen molar-refractivity contribution >= 4 is 45.6 Å². The number of hydrogen-bond acceptors (Lipinski definition) is 5. The van der Waals surface area contributed by atoms with Crippen molar-refractivity contribution in [1.29, 1.82) is 0 Å². The van der Waals surface area contributed by atoms with Crippen molar-refractivity contribution in [2.45, 2.75) is 72.5 Å². The van der Waals surface area contributed by atoms with Gasteiger partial charge in [0.2, 0.25) is 0 Å². The molecule has 1 fully saturated rings. The minimum Gasteiger partial charge on any atom is -0.319 e. The summed E-state index contributed by atoms with van der Waals surface area (Å²) in [6.45, 7) is 12.1. The van der Waals surface area contributed by atoms with Crippen molar-refractivity contribution in [3.05, 3.63) is 76.9 Å². The van der Waals surface area contributed by atoms with Gasteiger partial charge in [-0.15, -0.1) is 0 Å². The largest absolute Gasteiger partial charge is 0.330 e. The topological polar surface area (TPSA) is 61.8 Å². The van der Waals surface area contributed by atoms with Gasteiger partial charge in [0.25, 0.3) is 16.4 Å². The van der Waals surface area contributed by atoms with E-state index in [4.69, 9.17) is 26.1 Å². The summed E-state index contributed by atoms with van der Waals surface area (Å²) in [5.41, 5.74) is 2.41. The lowest BCUT2D eigenvalue weighted by Crippen LogP contribution is -2.55. The number of halogens is 1. The maximum atomic E-state index is 14.0. The highest BCUT2D eigenvalue weighted by atomic mass is 35.5. The van der Waals surface area contributed by atoms with Crippen LogP contribution in [0.25, 0.3) is 0 Å². The Labute approximate surface area is 246 Å². The Balaban J connectivity index is 1.53. The highest BCUT2D eigenvalue weighted by molar-refractivity contribution is 6.34. The fraction of sp³-hybridized carbons (Fsp3) is 0.452. The number of benzene rings is 2. The average molecular weight is 575 g/mol. The highest BCUT2D eigenvalue weighted by Gasteiger charge is 2.46. The van der Waals surface area contributed by atoms with Gasteiger partial charge in [0.05, 0.1) is 29.3 Å². The first-order valence-corrected chi connectivity index (χ1v) is 14.7. The van der Waals surface area contributed by atoms with E-state index >= 15 is 0 Å². The van der Waals surface area contributed by atoms with Crippen molar-refractivity contribution in [3.8, 4) is 0 Å². The molecule has 3 radical (unpaired) electrons. The first-order chi connectivity index (χ1) is 19.0. The zero-order valence-electron chi connectivity index (χ0n) is 23.9. The number of carbonyl (C=O) groups excluding carboxylic acids is 1. The maximum absolute atomic E-state index is 14.0. The number of nitrogens with zero attached hydrogens (tertiary/aromatic N) is 5. The highest BCUT2D eigenvalue weighted by Crippen LogP contribution is 2.47. The summed E-state index contributed by atoms with van der Waals surface area (Å²) in [7, 11) is 3.33. The van der Waals surface area contributed by atoms with Gasteiger partial charge < -0.3 is 4.53 Å². The van der Waals surface area contributed by atoms with Crippen LogP contribution >= 0.6 is 11.6 Å². The van der Waals surface area contributed by atoms with Crippen LogP contribution in [0.15, 0.2) is 60.8 Å². The van der Waals surface area contributed by atoms with E-state index in [2.05, 4.69) is 45.1 Å². The van der Waals surface area contributed by atoms with E-state index in [0.29, 0.717) is 47.4 Å². The van der Waals surface area contributed by atoms with Crippen LogP contribution in [0, 0.1) is 17.3 Å². The number of aromatic nitrogens is 2. The molecule has 40 heavy (non-hydrogen) atoms. The number of hydrogen-bond donors (Lipinski definition) is 0. The normalized spacial score (nSPS) is 23.2. The fourth-order valence-electron chi connectivity index (χ4n) is 6.05. The molecule has 1 aliphatic heterocycles. The summed E-state index contributed by atoms with van der Waals surface area (Å²) in [5.74, 6) is 1.97. The molecule has 7 nitrogen and oxygen atoms in total. The molecule has 2 aromatic carbocycles. The van der Waals surface area contributed by atoms with Gasteiger partial charge in [-0.05, 0) is 61.1 Å². The molecule has 0 saturated heterocycles. The van der Waals surface area contributed by atoms with E-state index in [0.717, 1.165) is 30.4 Å². The molecular formula is C31H37ClN5O2Si. The van der Waals surface area contributed by atoms with E-state index < -0.39 is 0 Å². The molecule has 1 saturated carbocycles. The Hall–Kier alpha value is -2.94. The van der Waals surface area contributed by atoms with Crippen molar-refractivity contribution in [2.75, 3.05) is 14.9 Å². The lowest BCUT2D eigenvalue weighted by atomic mass is 9.63. The monoisotopic (exact) mass is 574 g/mol. The quantitative estimate of drug-likeness (QED) is 0.228. The number of carbonyl (C=O) groups is 1. The predicted octanol–water partition coefficient (Wildman–Crippen LogP) is 7.34. The first kappa shape index (κ1) is 28.6. The van der Waals surface area contributed by atoms with E-state index in [9.17, 15) is 4.79 Å². The SMILES string of the molecule is C[C@H]1C[C@H](C(C)(C)C)CCC1(C)N(O[Si])c1ncc2c(n1)N(Cc1ccccc1)C(=O)N(c1ccccc1Cl)C2. The van der Waals surface area contributed by atoms with E-state index in [1.165, 1.54) is 0 Å². The van der Waals surface area contributed by atoms with Crippen LogP contribution in [0.4, 0.5) is 22.2 Å². The van der Waals surface area contributed by atoms with Gasteiger partial charge in [-0.25, -0.2) is 14.8 Å².